The largest absolute Gasteiger partial charge is 0.416 e. The molecule has 140 valence electrons. The first-order valence-electron chi connectivity index (χ1n) is 8.38. The molecule has 0 fully saturated rings. The molecule has 2 aromatic carbocycles. The molecule has 0 aliphatic rings. The number of alkyl halides is 3. The molecular formula is C21H18F4N2. The van der Waals surface area contributed by atoms with Gasteiger partial charge in [-0.25, -0.2) is 4.39 Å². The van der Waals surface area contributed by atoms with Crippen molar-refractivity contribution in [3.63, 3.8) is 0 Å². The van der Waals surface area contributed by atoms with E-state index in [4.69, 9.17) is 0 Å². The zero-order valence-corrected chi connectivity index (χ0v) is 14.6. The summed E-state index contributed by atoms with van der Waals surface area (Å²) in [6, 6.07) is 17.3. The lowest BCUT2D eigenvalue weighted by molar-refractivity contribution is -0.137. The number of hydrogen-bond donors (Lipinski definition) is 1. The number of likely N-dealkylation sites (N-methyl/N-ethyl adjacent to an activating group) is 1. The fourth-order valence-corrected chi connectivity index (χ4v) is 3.19. The van der Waals surface area contributed by atoms with Crippen molar-refractivity contribution in [1.82, 2.24) is 10.3 Å². The molecule has 0 aliphatic carbocycles. The molecule has 6 heteroatoms. The smallest absolute Gasteiger partial charge is 0.305 e. The SMILES string of the molecule is CNC(Cc1ccccc1)(c1cccc(C(F)(F)F)c1)c1ccc(F)cn1. The van der Waals surface area contributed by atoms with Crippen molar-refractivity contribution in [2.24, 2.45) is 0 Å². The van der Waals surface area contributed by atoms with E-state index in [-0.39, 0.29) is 0 Å². The maximum absolute atomic E-state index is 13.4. The highest BCUT2D eigenvalue weighted by Crippen LogP contribution is 2.36. The average molecular weight is 374 g/mol. The zero-order valence-electron chi connectivity index (χ0n) is 14.6. The molecule has 3 aromatic rings. The Bertz CT molecular complexity index is 892. The number of hydrogen-bond acceptors (Lipinski definition) is 2. The van der Waals surface area contributed by atoms with E-state index < -0.39 is 23.1 Å². The molecule has 0 radical (unpaired) electrons. The lowest BCUT2D eigenvalue weighted by atomic mass is 9.80. The van der Waals surface area contributed by atoms with Gasteiger partial charge in [-0.05, 0) is 42.4 Å². The predicted octanol–water partition coefficient (Wildman–Crippen LogP) is 4.95. The van der Waals surface area contributed by atoms with Gasteiger partial charge < -0.3 is 5.32 Å². The first-order valence-corrected chi connectivity index (χ1v) is 8.38. The summed E-state index contributed by atoms with van der Waals surface area (Å²) in [6.07, 6.45) is -3.04. The Kier molecular flexibility index (Phi) is 5.28. The molecule has 0 spiro atoms. The zero-order chi connectivity index (χ0) is 19.5. The first kappa shape index (κ1) is 19.0. The van der Waals surface area contributed by atoms with Crippen LogP contribution in [0.1, 0.15) is 22.4 Å². The third-order valence-corrected chi connectivity index (χ3v) is 4.59. The summed E-state index contributed by atoms with van der Waals surface area (Å²) in [5.74, 6) is -0.507. The maximum Gasteiger partial charge on any atom is 0.416 e. The maximum atomic E-state index is 13.4. The van der Waals surface area contributed by atoms with Crippen molar-refractivity contribution in [2.45, 2.75) is 18.1 Å². The van der Waals surface area contributed by atoms with Crippen LogP contribution in [-0.2, 0) is 18.1 Å². The van der Waals surface area contributed by atoms with Crippen molar-refractivity contribution < 1.29 is 17.6 Å². The Morgan fingerprint density at radius 3 is 2.19 bits per heavy atom. The van der Waals surface area contributed by atoms with E-state index >= 15 is 0 Å². The standard InChI is InChI=1S/C21H18F4N2/c1-26-20(13-15-6-3-2-4-7-15,19-11-10-18(22)14-27-19)16-8-5-9-17(12-16)21(23,24)25/h2-12,14,26H,13H2,1H3. The molecule has 0 saturated heterocycles. The summed E-state index contributed by atoms with van der Waals surface area (Å²) < 4.78 is 53.2. The van der Waals surface area contributed by atoms with Crippen LogP contribution < -0.4 is 5.32 Å². The van der Waals surface area contributed by atoms with Crippen LogP contribution in [0.25, 0.3) is 0 Å². The molecule has 3 rings (SSSR count). The van der Waals surface area contributed by atoms with Crippen molar-refractivity contribution in [2.75, 3.05) is 7.05 Å². The van der Waals surface area contributed by atoms with E-state index in [9.17, 15) is 17.6 Å². The Balaban J connectivity index is 2.19. The number of pyridine rings is 1. The van der Waals surface area contributed by atoms with Gasteiger partial charge in [-0.2, -0.15) is 13.2 Å². The van der Waals surface area contributed by atoms with Crippen LogP contribution in [0.15, 0.2) is 72.9 Å². The summed E-state index contributed by atoms with van der Waals surface area (Å²) in [4.78, 5) is 4.17. The quantitative estimate of drug-likeness (QED) is 0.640. The van der Waals surface area contributed by atoms with Gasteiger partial charge in [0.15, 0.2) is 0 Å². The molecule has 27 heavy (non-hydrogen) atoms. The fraction of sp³-hybridized carbons (Fsp3) is 0.190. The van der Waals surface area contributed by atoms with Gasteiger partial charge in [-0.1, -0.05) is 42.5 Å². The number of benzene rings is 2. The average Bonchev–Trinajstić information content (AvgIpc) is 2.67. The van der Waals surface area contributed by atoms with Crippen LogP contribution in [0.2, 0.25) is 0 Å². The predicted molar refractivity (Wildman–Crippen MR) is 95.6 cm³/mol. The monoisotopic (exact) mass is 374 g/mol. The third-order valence-electron chi connectivity index (χ3n) is 4.59. The minimum Gasteiger partial charge on any atom is -0.305 e. The second kappa shape index (κ2) is 7.48. The third kappa shape index (κ3) is 4.01. The number of aromatic nitrogens is 1. The van der Waals surface area contributed by atoms with Gasteiger partial charge >= 0.3 is 6.18 Å². The van der Waals surface area contributed by atoms with Crippen molar-refractivity contribution in [3.05, 3.63) is 101 Å². The summed E-state index contributed by atoms with van der Waals surface area (Å²) in [5, 5.41) is 3.14. The number of rotatable bonds is 5. The lowest BCUT2D eigenvalue weighted by Crippen LogP contribution is -2.44. The van der Waals surface area contributed by atoms with Crippen LogP contribution in [0.3, 0.4) is 0 Å². The Hall–Kier alpha value is -2.73. The lowest BCUT2D eigenvalue weighted by Gasteiger charge is -2.34. The van der Waals surface area contributed by atoms with Gasteiger partial charge in [0.25, 0.3) is 0 Å². The molecule has 1 aromatic heterocycles. The van der Waals surface area contributed by atoms with Crippen LogP contribution in [-0.4, -0.2) is 12.0 Å². The van der Waals surface area contributed by atoms with Crippen molar-refractivity contribution >= 4 is 0 Å². The van der Waals surface area contributed by atoms with E-state index in [0.29, 0.717) is 17.7 Å². The van der Waals surface area contributed by atoms with Crippen LogP contribution >= 0.6 is 0 Å². The first-order chi connectivity index (χ1) is 12.8. The molecule has 0 saturated carbocycles. The van der Waals surface area contributed by atoms with E-state index in [2.05, 4.69) is 10.3 Å². The summed E-state index contributed by atoms with van der Waals surface area (Å²) in [7, 11) is 1.66. The highest BCUT2D eigenvalue weighted by atomic mass is 19.4. The van der Waals surface area contributed by atoms with Gasteiger partial charge in [0.2, 0.25) is 0 Å². The normalized spacial score (nSPS) is 14.0. The molecule has 0 amide bonds. The Labute approximate surface area is 154 Å². The van der Waals surface area contributed by atoms with Gasteiger partial charge in [-0.3, -0.25) is 4.98 Å². The molecule has 2 nitrogen and oxygen atoms in total. The minimum atomic E-state index is -4.46. The highest BCUT2D eigenvalue weighted by Gasteiger charge is 2.37. The van der Waals surface area contributed by atoms with Crippen LogP contribution in [0.4, 0.5) is 17.6 Å². The Morgan fingerprint density at radius 2 is 1.59 bits per heavy atom. The molecule has 1 unspecified atom stereocenters. The van der Waals surface area contributed by atoms with Crippen LogP contribution in [0, 0.1) is 5.82 Å². The highest BCUT2D eigenvalue weighted by molar-refractivity contribution is 5.40. The topological polar surface area (TPSA) is 24.9 Å². The van der Waals surface area contributed by atoms with Gasteiger partial charge in [0.1, 0.15) is 5.82 Å². The van der Waals surface area contributed by atoms with E-state index in [1.54, 1.807) is 13.1 Å². The molecule has 1 heterocycles. The van der Waals surface area contributed by atoms with Gasteiger partial charge in [0, 0.05) is 6.42 Å². The number of nitrogens with zero attached hydrogens (tertiary/aromatic N) is 1. The van der Waals surface area contributed by atoms with Gasteiger partial charge in [0.05, 0.1) is 23.0 Å². The van der Waals surface area contributed by atoms with Crippen LogP contribution in [0.5, 0.6) is 0 Å². The van der Waals surface area contributed by atoms with E-state index in [0.717, 1.165) is 23.9 Å². The van der Waals surface area contributed by atoms with E-state index in [1.807, 2.05) is 30.3 Å². The van der Waals surface area contributed by atoms with Gasteiger partial charge in [-0.15, -0.1) is 0 Å². The molecular weight excluding hydrogens is 356 g/mol. The summed E-state index contributed by atoms with van der Waals surface area (Å²) in [5.41, 5.74) is -0.0291. The summed E-state index contributed by atoms with van der Waals surface area (Å²) >= 11 is 0. The van der Waals surface area contributed by atoms with E-state index in [1.165, 1.54) is 18.2 Å². The minimum absolute atomic E-state index is 0.351. The number of nitrogens with one attached hydrogen (secondary N) is 1. The second-order valence-corrected chi connectivity index (χ2v) is 6.26. The Morgan fingerprint density at radius 1 is 0.889 bits per heavy atom. The number of halogens is 4. The van der Waals surface area contributed by atoms with Crippen molar-refractivity contribution in [1.29, 1.82) is 0 Å². The fourth-order valence-electron chi connectivity index (χ4n) is 3.19. The molecule has 0 aliphatic heterocycles. The second-order valence-electron chi connectivity index (χ2n) is 6.26. The molecule has 1 N–H and O–H groups in total. The molecule has 1 atom stereocenters. The summed E-state index contributed by atoms with van der Waals surface area (Å²) in [6.45, 7) is 0. The van der Waals surface area contributed by atoms with Crippen molar-refractivity contribution in [3.8, 4) is 0 Å². The molecule has 0 bridgehead atoms.